The van der Waals surface area contributed by atoms with E-state index in [1.807, 2.05) is 25.3 Å². The van der Waals surface area contributed by atoms with Crippen LogP contribution in [0.1, 0.15) is 15.9 Å². The van der Waals surface area contributed by atoms with Crippen LogP contribution in [0.25, 0.3) is 0 Å². The van der Waals surface area contributed by atoms with Gasteiger partial charge in [0.1, 0.15) is 5.82 Å². The number of carbonyl (C=O) groups excluding carboxylic acids is 1. The van der Waals surface area contributed by atoms with Crippen LogP contribution in [-0.4, -0.2) is 12.2 Å². The summed E-state index contributed by atoms with van der Waals surface area (Å²) in [5.41, 5.74) is 1.49. The van der Waals surface area contributed by atoms with Gasteiger partial charge in [0.25, 0.3) is 5.91 Å². The summed E-state index contributed by atoms with van der Waals surface area (Å²) in [6.07, 6.45) is 1.94. The second kappa shape index (κ2) is 6.29. The summed E-state index contributed by atoms with van der Waals surface area (Å²) in [5.74, 6) is -0.885. The summed E-state index contributed by atoms with van der Waals surface area (Å²) in [5, 5.41) is 2.86. The number of amides is 1. The molecule has 0 aliphatic carbocycles. The maximum Gasteiger partial charge on any atom is 0.256 e. The van der Waals surface area contributed by atoms with Crippen molar-refractivity contribution in [2.45, 2.75) is 11.8 Å². The Hall–Kier alpha value is -1.52. The lowest BCUT2D eigenvalue weighted by Gasteiger charge is -2.10. The van der Waals surface area contributed by atoms with Gasteiger partial charge < -0.3 is 5.32 Å². The quantitative estimate of drug-likeness (QED) is 0.828. The van der Waals surface area contributed by atoms with E-state index in [2.05, 4.69) is 5.32 Å². The van der Waals surface area contributed by atoms with Crippen LogP contribution in [0, 0.1) is 12.7 Å². The molecule has 0 spiro atoms. The first kappa shape index (κ1) is 14.9. The number of carbonyl (C=O) groups is 1. The van der Waals surface area contributed by atoms with Crippen molar-refractivity contribution >= 4 is 35.0 Å². The van der Waals surface area contributed by atoms with E-state index in [1.165, 1.54) is 18.2 Å². The van der Waals surface area contributed by atoms with E-state index in [-0.39, 0.29) is 11.6 Å². The number of thioether (sulfide) groups is 1. The van der Waals surface area contributed by atoms with Gasteiger partial charge in [-0.05, 0) is 49.1 Å². The molecule has 2 nitrogen and oxygen atoms in total. The molecule has 0 aromatic heterocycles. The monoisotopic (exact) mass is 309 g/mol. The molecule has 2 rings (SSSR count). The van der Waals surface area contributed by atoms with Gasteiger partial charge in [0, 0.05) is 15.5 Å². The largest absolute Gasteiger partial charge is 0.319 e. The van der Waals surface area contributed by atoms with Crippen LogP contribution in [0.2, 0.25) is 5.02 Å². The fourth-order valence-corrected chi connectivity index (χ4v) is 2.35. The summed E-state index contributed by atoms with van der Waals surface area (Å²) in [6, 6.07) is 9.76. The van der Waals surface area contributed by atoms with Crippen molar-refractivity contribution in [3.63, 3.8) is 0 Å². The summed E-state index contributed by atoms with van der Waals surface area (Å²) >= 11 is 7.23. The van der Waals surface area contributed by atoms with E-state index < -0.39 is 5.82 Å². The lowest BCUT2D eigenvalue weighted by atomic mass is 10.1. The number of aryl methyl sites for hydroxylation is 1. The van der Waals surface area contributed by atoms with Gasteiger partial charge in [0.15, 0.2) is 0 Å². The highest BCUT2D eigenvalue weighted by molar-refractivity contribution is 7.98. The highest BCUT2D eigenvalue weighted by Gasteiger charge is 2.12. The van der Waals surface area contributed by atoms with Crippen molar-refractivity contribution < 1.29 is 9.18 Å². The zero-order valence-corrected chi connectivity index (χ0v) is 12.6. The predicted octanol–water partition coefficient (Wildman–Crippen LogP) is 4.76. The van der Waals surface area contributed by atoms with Crippen LogP contribution < -0.4 is 5.32 Å². The molecule has 5 heteroatoms. The maximum atomic E-state index is 13.7. The Labute approximate surface area is 126 Å². The lowest BCUT2D eigenvalue weighted by molar-refractivity contribution is 0.102. The average Bonchev–Trinajstić information content (AvgIpc) is 2.42. The fourth-order valence-electron chi connectivity index (χ4n) is 1.75. The molecule has 0 heterocycles. The van der Waals surface area contributed by atoms with Crippen molar-refractivity contribution in [1.29, 1.82) is 0 Å². The Balaban J connectivity index is 2.28. The molecule has 20 heavy (non-hydrogen) atoms. The van der Waals surface area contributed by atoms with E-state index in [1.54, 1.807) is 17.8 Å². The first-order valence-electron chi connectivity index (χ1n) is 5.92. The minimum absolute atomic E-state index is 0.119. The van der Waals surface area contributed by atoms with Crippen LogP contribution in [0.15, 0.2) is 41.3 Å². The second-order valence-corrected chi connectivity index (χ2v) is 5.58. The average molecular weight is 310 g/mol. The van der Waals surface area contributed by atoms with Gasteiger partial charge in [0.05, 0.1) is 5.69 Å². The first-order chi connectivity index (χ1) is 9.51. The third-order valence-electron chi connectivity index (χ3n) is 2.87. The molecule has 0 radical (unpaired) electrons. The van der Waals surface area contributed by atoms with Gasteiger partial charge in [-0.2, -0.15) is 0 Å². The molecular weight excluding hydrogens is 297 g/mol. The molecule has 0 aliphatic heterocycles. The Kier molecular flexibility index (Phi) is 4.68. The maximum absolute atomic E-state index is 13.7. The minimum Gasteiger partial charge on any atom is -0.319 e. The molecule has 0 fully saturated rings. The molecule has 0 saturated heterocycles. The number of hydrogen-bond donors (Lipinski definition) is 1. The fraction of sp³-hybridized carbons (Fsp3) is 0.133. The molecule has 1 amide bonds. The highest BCUT2D eigenvalue weighted by Crippen LogP contribution is 2.22. The van der Waals surface area contributed by atoms with Gasteiger partial charge in [-0.3, -0.25) is 4.79 Å². The van der Waals surface area contributed by atoms with E-state index in [0.717, 1.165) is 10.5 Å². The Morgan fingerprint density at radius 1 is 1.25 bits per heavy atom. The molecular formula is C15H13ClFNOS. The first-order valence-corrected chi connectivity index (χ1v) is 7.52. The number of hydrogen-bond acceptors (Lipinski definition) is 2. The normalized spacial score (nSPS) is 10.4. The van der Waals surface area contributed by atoms with Gasteiger partial charge in [-0.1, -0.05) is 17.7 Å². The zero-order valence-electron chi connectivity index (χ0n) is 11.0. The van der Waals surface area contributed by atoms with Gasteiger partial charge in [-0.15, -0.1) is 11.8 Å². The zero-order chi connectivity index (χ0) is 14.7. The summed E-state index contributed by atoms with van der Waals surface area (Å²) in [6.45, 7) is 1.84. The van der Waals surface area contributed by atoms with Crippen molar-refractivity contribution in [2.24, 2.45) is 0 Å². The molecule has 2 aromatic carbocycles. The van der Waals surface area contributed by atoms with Crippen LogP contribution in [0.4, 0.5) is 10.1 Å². The van der Waals surface area contributed by atoms with Crippen LogP contribution in [0.3, 0.4) is 0 Å². The van der Waals surface area contributed by atoms with Gasteiger partial charge in [-0.25, -0.2) is 4.39 Å². The Morgan fingerprint density at radius 2 is 2.00 bits per heavy atom. The predicted molar refractivity (Wildman–Crippen MR) is 82.3 cm³/mol. The second-order valence-electron chi connectivity index (χ2n) is 4.26. The Morgan fingerprint density at radius 3 is 2.65 bits per heavy atom. The van der Waals surface area contributed by atoms with Gasteiger partial charge in [0.2, 0.25) is 0 Å². The summed E-state index contributed by atoms with van der Waals surface area (Å²) < 4.78 is 13.7. The summed E-state index contributed by atoms with van der Waals surface area (Å²) in [7, 11) is 0. The Bertz CT molecular complexity index is 660. The third kappa shape index (κ3) is 3.32. The molecule has 0 saturated carbocycles. The van der Waals surface area contributed by atoms with E-state index >= 15 is 0 Å². The number of halogens is 2. The number of nitrogens with one attached hydrogen (secondary N) is 1. The molecule has 0 bridgehead atoms. The molecule has 0 atom stereocenters. The van der Waals surface area contributed by atoms with E-state index in [4.69, 9.17) is 11.6 Å². The minimum atomic E-state index is -0.551. The number of anilines is 1. The number of rotatable bonds is 3. The van der Waals surface area contributed by atoms with Gasteiger partial charge >= 0.3 is 0 Å². The van der Waals surface area contributed by atoms with Crippen molar-refractivity contribution in [1.82, 2.24) is 0 Å². The van der Waals surface area contributed by atoms with Crippen molar-refractivity contribution in [3.8, 4) is 0 Å². The molecule has 1 N–H and O–H groups in total. The number of benzene rings is 2. The molecule has 2 aromatic rings. The summed E-state index contributed by atoms with van der Waals surface area (Å²) in [4.78, 5) is 13.2. The van der Waals surface area contributed by atoms with Crippen molar-refractivity contribution in [2.75, 3.05) is 11.6 Å². The molecule has 104 valence electrons. The topological polar surface area (TPSA) is 29.1 Å². The van der Waals surface area contributed by atoms with Crippen LogP contribution in [-0.2, 0) is 0 Å². The van der Waals surface area contributed by atoms with Crippen LogP contribution in [0.5, 0.6) is 0 Å². The third-order valence-corrected chi connectivity index (χ3v) is 3.83. The van der Waals surface area contributed by atoms with Crippen LogP contribution >= 0.6 is 23.4 Å². The SMILES string of the molecule is CSc1ccc(C)c(C(=O)Nc2ccc(Cl)cc2F)c1. The smallest absolute Gasteiger partial charge is 0.256 e. The van der Waals surface area contributed by atoms with E-state index in [0.29, 0.717) is 10.6 Å². The standard InChI is InChI=1S/C15H13ClFNOS/c1-9-3-5-11(20-2)8-12(9)15(19)18-14-6-4-10(16)7-13(14)17/h3-8H,1-2H3,(H,18,19). The molecule has 0 unspecified atom stereocenters. The molecule has 0 aliphatic rings. The highest BCUT2D eigenvalue weighted by atomic mass is 35.5. The lowest BCUT2D eigenvalue weighted by Crippen LogP contribution is -2.14. The van der Waals surface area contributed by atoms with Crippen molar-refractivity contribution in [3.05, 3.63) is 58.4 Å². The van der Waals surface area contributed by atoms with E-state index in [9.17, 15) is 9.18 Å².